The SMILES string of the molecule is Cc1ccc(NC(=O)CSc2ccc(F)c(F)c2)c(C)c1. The van der Waals surface area contributed by atoms with Crippen molar-refractivity contribution in [1.29, 1.82) is 0 Å². The van der Waals surface area contributed by atoms with E-state index in [2.05, 4.69) is 5.32 Å². The minimum absolute atomic E-state index is 0.137. The lowest BCUT2D eigenvalue weighted by molar-refractivity contribution is -0.113. The van der Waals surface area contributed by atoms with E-state index in [1.807, 2.05) is 32.0 Å². The van der Waals surface area contributed by atoms with Crippen LogP contribution >= 0.6 is 11.8 Å². The molecule has 0 atom stereocenters. The molecule has 0 aliphatic rings. The van der Waals surface area contributed by atoms with Gasteiger partial charge in [-0.3, -0.25) is 4.79 Å². The van der Waals surface area contributed by atoms with Crippen LogP contribution in [0, 0.1) is 25.5 Å². The Morgan fingerprint density at radius 3 is 2.52 bits per heavy atom. The van der Waals surface area contributed by atoms with Crippen molar-refractivity contribution in [3.63, 3.8) is 0 Å². The topological polar surface area (TPSA) is 29.1 Å². The number of halogens is 2. The second-order valence-electron chi connectivity index (χ2n) is 4.73. The molecule has 0 saturated carbocycles. The summed E-state index contributed by atoms with van der Waals surface area (Å²) in [5.74, 6) is -1.84. The quantitative estimate of drug-likeness (QED) is 0.853. The standard InChI is InChI=1S/C16H15F2NOS/c1-10-3-6-15(11(2)7-10)19-16(20)9-21-12-4-5-13(17)14(18)8-12/h3-8H,9H2,1-2H3,(H,19,20). The summed E-state index contributed by atoms with van der Waals surface area (Å²) >= 11 is 1.16. The van der Waals surface area contributed by atoms with E-state index in [-0.39, 0.29) is 11.7 Å². The molecule has 2 aromatic carbocycles. The van der Waals surface area contributed by atoms with Crippen LogP contribution in [0.4, 0.5) is 14.5 Å². The van der Waals surface area contributed by atoms with Crippen molar-refractivity contribution in [2.75, 3.05) is 11.1 Å². The van der Waals surface area contributed by atoms with Crippen LogP contribution in [0.2, 0.25) is 0 Å². The first-order valence-electron chi connectivity index (χ1n) is 6.40. The molecule has 1 amide bonds. The molecule has 0 aliphatic heterocycles. The summed E-state index contributed by atoms with van der Waals surface area (Å²) in [7, 11) is 0. The molecule has 2 rings (SSSR count). The Hall–Kier alpha value is -1.88. The molecule has 110 valence electrons. The molecule has 0 fully saturated rings. The van der Waals surface area contributed by atoms with Crippen molar-refractivity contribution in [3.05, 3.63) is 59.2 Å². The van der Waals surface area contributed by atoms with E-state index in [9.17, 15) is 13.6 Å². The lowest BCUT2D eigenvalue weighted by Gasteiger charge is -2.09. The molecule has 1 N–H and O–H groups in total. The average Bonchev–Trinajstić information content (AvgIpc) is 2.43. The van der Waals surface area contributed by atoms with Crippen LogP contribution in [0.25, 0.3) is 0 Å². The monoisotopic (exact) mass is 307 g/mol. The molecule has 0 aromatic heterocycles. The van der Waals surface area contributed by atoms with Crippen molar-refractivity contribution in [1.82, 2.24) is 0 Å². The van der Waals surface area contributed by atoms with Crippen LogP contribution in [0.15, 0.2) is 41.3 Å². The minimum atomic E-state index is -0.908. The maximum absolute atomic E-state index is 13.1. The molecule has 0 heterocycles. The first-order valence-corrected chi connectivity index (χ1v) is 7.39. The number of amides is 1. The number of hydrogen-bond donors (Lipinski definition) is 1. The average molecular weight is 307 g/mol. The van der Waals surface area contributed by atoms with Gasteiger partial charge in [-0.2, -0.15) is 0 Å². The van der Waals surface area contributed by atoms with Gasteiger partial charge in [0.1, 0.15) is 0 Å². The van der Waals surface area contributed by atoms with Gasteiger partial charge in [-0.15, -0.1) is 11.8 Å². The zero-order chi connectivity index (χ0) is 15.4. The third-order valence-electron chi connectivity index (χ3n) is 2.92. The van der Waals surface area contributed by atoms with E-state index < -0.39 is 11.6 Å². The number of aryl methyl sites for hydroxylation is 2. The van der Waals surface area contributed by atoms with Gasteiger partial charge in [0.15, 0.2) is 11.6 Å². The Kier molecular flexibility index (Phi) is 4.96. The third kappa shape index (κ3) is 4.29. The van der Waals surface area contributed by atoms with Crippen LogP contribution in [0.5, 0.6) is 0 Å². The molecule has 0 bridgehead atoms. The molecule has 0 spiro atoms. The van der Waals surface area contributed by atoms with Crippen molar-refractivity contribution >= 4 is 23.4 Å². The van der Waals surface area contributed by atoms with Gasteiger partial charge in [0, 0.05) is 10.6 Å². The van der Waals surface area contributed by atoms with Gasteiger partial charge in [0.05, 0.1) is 5.75 Å². The predicted octanol–water partition coefficient (Wildman–Crippen LogP) is 4.31. The highest BCUT2D eigenvalue weighted by atomic mass is 32.2. The predicted molar refractivity (Wildman–Crippen MR) is 81.6 cm³/mol. The molecule has 2 nitrogen and oxygen atoms in total. The summed E-state index contributed by atoms with van der Waals surface area (Å²) in [6.07, 6.45) is 0. The lowest BCUT2D eigenvalue weighted by Crippen LogP contribution is -2.14. The van der Waals surface area contributed by atoms with Gasteiger partial charge in [-0.25, -0.2) is 8.78 Å². The fourth-order valence-electron chi connectivity index (χ4n) is 1.86. The first-order chi connectivity index (χ1) is 9.95. The fraction of sp³-hybridized carbons (Fsp3) is 0.188. The number of anilines is 1. The summed E-state index contributed by atoms with van der Waals surface area (Å²) in [4.78, 5) is 12.4. The second-order valence-corrected chi connectivity index (χ2v) is 5.78. The number of thioether (sulfide) groups is 1. The number of nitrogens with one attached hydrogen (secondary N) is 1. The van der Waals surface area contributed by atoms with Crippen LogP contribution in [-0.2, 0) is 4.79 Å². The van der Waals surface area contributed by atoms with Crippen molar-refractivity contribution in [2.45, 2.75) is 18.7 Å². The van der Waals surface area contributed by atoms with Gasteiger partial charge in [0.2, 0.25) is 5.91 Å². The lowest BCUT2D eigenvalue weighted by atomic mass is 10.1. The Morgan fingerprint density at radius 1 is 1.10 bits per heavy atom. The summed E-state index contributed by atoms with van der Waals surface area (Å²) in [6, 6.07) is 9.35. The number of rotatable bonds is 4. The third-order valence-corrected chi connectivity index (χ3v) is 3.91. The number of carbonyl (C=O) groups is 1. The maximum atomic E-state index is 13.1. The van der Waals surface area contributed by atoms with Crippen molar-refractivity contribution in [3.8, 4) is 0 Å². The Bertz CT molecular complexity index is 673. The van der Waals surface area contributed by atoms with E-state index >= 15 is 0 Å². The highest BCUT2D eigenvalue weighted by molar-refractivity contribution is 8.00. The smallest absolute Gasteiger partial charge is 0.234 e. The molecular formula is C16H15F2NOS. The molecule has 0 unspecified atom stereocenters. The number of carbonyl (C=O) groups excluding carboxylic acids is 1. The largest absolute Gasteiger partial charge is 0.325 e. The number of benzene rings is 2. The fourth-order valence-corrected chi connectivity index (χ4v) is 2.58. The summed E-state index contributed by atoms with van der Waals surface area (Å²) in [5, 5.41) is 2.81. The van der Waals surface area contributed by atoms with Gasteiger partial charge >= 0.3 is 0 Å². The van der Waals surface area contributed by atoms with Crippen LogP contribution < -0.4 is 5.32 Å². The Morgan fingerprint density at radius 2 is 1.86 bits per heavy atom. The van der Waals surface area contributed by atoms with Gasteiger partial charge in [0.25, 0.3) is 0 Å². The number of hydrogen-bond acceptors (Lipinski definition) is 2. The van der Waals surface area contributed by atoms with E-state index in [0.29, 0.717) is 4.90 Å². The summed E-state index contributed by atoms with van der Waals surface area (Å²) < 4.78 is 25.9. The van der Waals surface area contributed by atoms with Gasteiger partial charge in [-0.1, -0.05) is 17.7 Å². The van der Waals surface area contributed by atoms with Crippen molar-refractivity contribution < 1.29 is 13.6 Å². The van der Waals surface area contributed by atoms with Gasteiger partial charge in [-0.05, 0) is 43.7 Å². The Labute approximate surface area is 126 Å². The first kappa shape index (κ1) is 15.5. The van der Waals surface area contributed by atoms with Crippen LogP contribution in [-0.4, -0.2) is 11.7 Å². The Balaban J connectivity index is 1.94. The normalized spacial score (nSPS) is 10.5. The molecule has 0 aliphatic carbocycles. The molecule has 2 aromatic rings. The zero-order valence-corrected chi connectivity index (χ0v) is 12.6. The van der Waals surface area contributed by atoms with Gasteiger partial charge < -0.3 is 5.32 Å². The van der Waals surface area contributed by atoms with Crippen LogP contribution in [0.3, 0.4) is 0 Å². The zero-order valence-electron chi connectivity index (χ0n) is 11.7. The molecule has 0 radical (unpaired) electrons. The van der Waals surface area contributed by atoms with E-state index in [1.165, 1.54) is 6.07 Å². The van der Waals surface area contributed by atoms with E-state index in [4.69, 9.17) is 0 Å². The summed E-state index contributed by atoms with van der Waals surface area (Å²) in [6.45, 7) is 3.91. The maximum Gasteiger partial charge on any atom is 0.234 e. The molecule has 5 heteroatoms. The molecule has 0 saturated heterocycles. The minimum Gasteiger partial charge on any atom is -0.325 e. The molecule has 21 heavy (non-hydrogen) atoms. The molecular weight excluding hydrogens is 292 g/mol. The summed E-state index contributed by atoms with van der Waals surface area (Å²) in [5.41, 5.74) is 2.87. The van der Waals surface area contributed by atoms with Crippen LogP contribution in [0.1, 0.15) is 11.1 Å². The van der Waals surface area contributed by atoms with E-state index in [1.54, 1.807) is 0 Å². The second kappa shape index (κ2) is 6.72. The highest BCUT2D eigenvalue weighted by Gasteiger charge is 2.08. The highest BCUT2D eigenvalue weighted by Crippen LogP contribution is 2.21. The van der Waals surface area contributed by atoms with Crippen molar-refractivity contribution in [2.24, 2.45) is 0 Å². The van der Waals surface area contributed by atoms with E-state index in [0.717, 1.165) is 40.7 Å².